The van der Waals surface area contributed by atoms with Gasteiger partial charge in [0, 0.05) is 23.3 Å². The zero-order valence-electron chi connectivity index (χ0n) is 16.2. The van der Waals surface area contributed by atoms with Crippen LogP contribution in [0.2, 0.25) is 0 Å². The van der Waals surface area contributed by atoms with Crippen molar-refractivity contribution in [2.24, 2.45) is 4.99 Å². The maximum atomic E-state index is 10.5. The molecule has 8 nitrogen and oxygen atoms in total. The predicted octanol–water partition coefficient (Wildman–Crippen LogP) is 4.06. The highest BCUT2D eigenvalue weighted by molar-refractivity contribution is 6.13. The molecule has 2 N–H and O–H groups in total. The van der Waals surface area contributed by atoms with Crippen molar-refractivity contribution in [3.63, 3.8) is 0 Å². The summed E-state index contributed by atoms with van der Waals surface area (Å²) in [6.45, 7) is 5.58. The van der Waals surface area contributed by atoms with Crippen LogP contribution in [0, 0.1) is 18.3 Å². The van der Waals surface area contributed by atoms with E-state index in [9.17, 15) is 5.11 Å². The fraction of sp³-hybridized carbons (Fsp3) is 0.190. The maximum Gasteiger partial charge on any atom is 0.198 e. The van der Waals surface area contributed by atoms with Crippen molar-refractivity contribution in [2.75, 3.05) is 0 Å². The molecule has 0 saturated carbocycles. The number of aromatic hydroxyl groups is 1. The number of aliphatic imine (C=N–C) groups is 1. The number of aromatic nitrogens is 5. The summed E-state index contributed by atoms with van der Waals surface area (Å²) in [6.07, 6.45) is 8.52. The van der Waals surface area contributed by atoms with Crippen LogP contribution in [0.5, 0.6) is 5.88 Å². The number of nitrogens with one attached hydrogen (secondary N) is 1. The minimum absolute atomic E-state index is 0.0286. The number of fused-ring (bicyclic) bond motifs is 1. The molecule has 0 aliphatic carbocycles. The first-order valence-corrected chi connectivity index (χ1v) is 9.09. The van der Waals surface area contributed by atoms with E-state index in [0.717, 1.165) is 22.2 Å². The van der Waals surface area contributed by atoms with Crippen molar-refractivity contribution in [3.8, 4) is 23.2 Å². The molecule has 0 amide bonds. The van der Waals surface area contributed by atoms with Crippen LogP contribution < -0.4 is 0 Å². The average molecular weight is 385 g/mol. The van der Waals surface area contributed by atoms with Crippen molar-refractivity contribution in [3.05, 3.63) is 54.2 Å². The van der Waals surface area contributed by atoms with Gasteiger partial charge >= 0.3 is 0 Å². The number of rotatable bonds is 4. The first-order valence-electron chi connectivity index (χ1n) is 9.09. The quantitative estimate of drug-likeness (QED) is 0.514. The van der Waals surface area contributed by atoms with Gasteiger partial charge in [0.2, 0.25) is 0 Å². The minimum atomic E-state index is -0.378. The number of aromatic amines is 1. The lowest BCUT2D eigenvalue weighted by Crippen LogP contribution is -2.01. The van der Waals surface area contributed by atoms with Crippen molar-refractivity contribution in [1.29, 1.82) is 5.26 Å². The summed E-state index contributed by atoms with van der Waals surface area (Å²) >= 11 is 0. The first kappa shape index (κ1) is 18.4. The molecule has 0 unspecified atom stereocenters. The molecule has 0 radical (unpaired) electrons. The molecule has 4 heterocycles. The average Bonchev–Trinajstić information content (AvgIpc) is 3.30. The van der Waals surface area contributed by atoms with E-state index in [1.165, 1.54) is 0 Å². The van der Waals surface area contributed by atoms with Gasteiger partial charge in [-0.2, -0.15) is 10.4 Å². The van der Waals surface area contributed by atoms with Gasteiger partial charge in [-0.1, -0.05) is 0 Å². The number of hydrogen-bond donors (Lipinski definition) is 2. The molecule has 29 heavy (non-hydrogen) atoms. The van der Waals surface area contributed by atoms with E-state index >= 15 is 0 Å². The third-order valence-electron chi connectivity index (χ3n) is 4.81. The summed E-state index contributed by atoms with van der Waals surface area (Å²) in [6, 6.07) is 5.61. The molecule has 0 fully saturated rings. The van der Waals surface area contributed by atoms with E-state index in [1.54, 1.807) is 42.6 Å². The van der Waals surface area contributed by atoms with Gasteiger partial charge in [0.15, 0.2) is 5.88 Å². The highest BCUT2D eigenvalue weighted by atomic mass is 16.3. The summed E-state index contributed by atoms with van der Waals surface area (Å²) < 4.78 is 1.55. The Morgan fingerprint density at radius 3 is 2.93 bits per heavy atom. The van der Waals surface area contributed by atoms with Crippen LogP contribution in [-0.4, -0.2) is 35.6 Å². The van der Waals surface area contributed by atoms with Crippen LogP contribution in [0.1, 0.15) is 31.0 Å². The lowest BCUT2D eigenvalue weighted by atomic mass is 10.0. The maximum absolute atomic E-state index is 10.5. The summed E-state index contributed by atoms with van der Waals surface area (Å²) in [5.74, 6) is 0.0286. The first-order chi connectivity index (χ1) is 14.0. The van der Waals surface area contributed by atoms with Crippen LogP contribution in [0.4, 0.5) is 5.69 Å². The van der Waals surface area contributed by atoms with E-state index in [-0.39, 0.29) is 11.9 Å². The lowest BCUT2D eigenvalue weighted by molar-refractivity contribution is 0.457. The Bertz CT molecular complexity index is 1280. The molecule has 0 aliphatic rings. The van der Waals surface area contributed by atoms with Crippen LogP contribution in [0.25, 0.3) is 22.2 Å². The van der Waals surface area contributed by atoms with Crippen molar-refractivity contribution < 1.29 is 5.11 Å². The summed E-state index contributed by atoms with van der Waals surface area (Å²) in [5.41, 5.74) is 5.32. The Labute approximate surface area is 167 Å². The van der Waals surface area contributed by atoms with Gasteiger partial charge in [-0.3, -0.25) is 14.6 Å². The predicted molar refractivity (Wildman–Crippen MR) is 110 cm³/mol. The zero-order chi connectivity index (χ0) is 20.5. The molecule has 0 aliphatic heterocycles. The third kappa shape index (κ3) is 3.34. The van der Waals surface area contributed by atoms with Crippen molar-refractivity contribution in [1.82, 2.24) is 24.7 Å². The van der Waals surface area contributed by atoms with Gasteiger partial charge in [-0.25, -0.2) is 4.99 Å². The summed E-state index contributed by atoms with van der Waals surface area (Å²) in [7, 11) is 0. The molecule has 0 saturated heterocycles. The Balaban J connectivity index is 1.80. The van der Waals surface area contributed by atoms with Gasteiger partial charge in [0.25, 0.3) is 0 Å². The largest absolute Gasteiger partial charge is 0.494 e. The number of H-pyrrole nitrogens is 1. The third-order valence-corrected chi connectivity index (χ3v) is 4.81. The second-order valence-corrected chi connectivity index (χ2v) is 6.84. The molecule has 4 aromatic heterocycles. The highest BCUT2D eigenvalue weighted by Crippen LogP contribution is 2.32. The number of hydrogen-bond acceptors (Lipinski definition) is 6. The second kappa shape index (κ2) is 7.20. The number of nitriles is 1. The summed E-state index contributed by atoms with van der Waals surface area (Å²) in [5, 5.41) is 24.5. The van der Waals surface area contributed by atoms with Crippen molar-refractivity contribution in [2.45, 2.75) is 26.8 Å². The Morgan fingerprint density at radius 2 is 2.17 bits per heavy atom. The van der Waals surface area contributed by atoms with Crippen molar-refractivity contribution >= 4 is 22.3 Å². The second-order valence-electron chi connectivity index (χ2n) is 6.84. The molecular formula is C21H19N7O. The number of pyridine rings is 2. The van der Waals surface area contributed by atoms with E-state index in [0.29, 0.717) is 22.5 Å². The van der Waals surface area contributed by atoms with E-state index in [1.807, 2.05) is 26.0 Å². The molecule has 4 aromatic rings. The topological polar surface area (TPSA) is 116 Å². The summed E-state index contributed by atoms with van der Waals surface area (Å²) in [4.78, 5) is 16.2. The van der Waals surface area contributed by atoms with Gasteiger partial charge in [0.05, 0.1) is 47.1 Å². The Morgan fingerprint density at radius 1 is 1.34 bits per heavy atom. The van der Waals surface area contributed by atoms with Crippen LogP contribution >= 0.6 is 0 Å². The lowest BCUT2D eigenvalue weighted by Gasteiger charge is -2.05. The van der Waals surface area contributed by atoms with Gasteiger partial charge in [-0.15, -0.1) is 0 Å². The molecular weight excluding hydrogens is 366 g/mol. The van der Waals surface area contributed by atoms with Crippen LogP contribution in [0.15, 0.2) is 48.1 Å². The smallest absolute Gasteiger partial charge is 0.198 e. The van der Waals surface area contributed by atoms with Gasteiger partial charge in [-0.05, 0) is 38.5 Å². The van der Waals surface area contributed by atoms with E-state index in [2.05, 4.69) is 31.1 Å². The molecule has 0 bridgehead atoms. The van der Waals surface area contributed by atoms with E-state index in [4.69, 9.17) is 5.26 Å². The molecule has 1 atom stereocenters. The Hall–Kier alpha value is -3.99. The van der Waals surface area contributed by atoms with Gasteiger partial charge in [0.1, 0.15) is 11.7 Å². The van der Waals surface area contributed by atoms with E-state index < -0.39 is 0 Å². The highest BCUT2D eigenvalue weighted by Gasteiger charge is 2.16. The van der Waals surface area contributed by atoms with Crippen LogP contribution in [0.3, 0.4) is 0 Å². The van der Waals surface area contributed by atoms with Crippen LogP contribution in [-0.2, 0) is 0 Å². The fourth-order valence-corrected chi connectivity index (χ4v) is 3.23. The molecule has 8 heteroatoms. The monoisotopic (exact) mass is 385 g/mol. The SMILES string of the molecule is CC(=Nc1cnn([C@@H](C)C#N)c1)c1c(O)[nH]c2cnc(-c3cnccc3C)cc12. The molecule has 0 spiro atoms. The minimum Gasteiger partial charge on any atom is -0.494 e. The fourth-order valence-electron chi connectivity index (χ4n) is 3.23. The molecule has 4 rings (SSSR count). The van der Waals surface area contributed by atoms with Gasteiger partial charge < -0.3 is 10.1 Å². The standard InChI is InChI=1S/C21H19N7O/c1-12-4-5-23-9-17(12)18-6-16-19(10-24-18)27-21(29)20(16)14(3)26-15-8-25-28(11-15)13(2)7-22/h4-6,8-11,13,27,29H,1-3H3/t13-/m0/s1. The Kier molecular flexibility index (Phi) is 4.56. The normalized spacial score (nSPS) is 12.8. The molecule has 144 valence electrons. The zero-order valence-corrected chi connectivity index (χ0v) is 16.2. The molecule has 0 aromatic carbocycles. The number of nitrogens with zero attached hydrogens (tertiary/aromatic N) is 6. The number of aryl methyl sites for hydroxylation is 1.